The summed E-state index contributed by atoms with van der Waals surface area (Å²) in [5.41, 5.74) is 2.57. The van der Waals surface area contributed by atoms with Crippen LogP contribution in [0.5, 0.6) is 5.75 Å². The summed E-state index contributed by atoms with van der Waals surface area (Å²) in [5, 5.41) is 12.9. The standard InChI is InChI=1S/C24H22F2N2O4/c1-12-9-27-10-14-8-13(2-5-16(12)14)17-6-7-18-20(22(17)32-24(25)26)28(15-3-4-15)11-19(21(18)29)23(30)31/h2,5-8,11-12,15,24,27H,3-4,9-10H2,1H3,(H,30,31)/t12-/m1/s1. The van der Waals surface area contributed by atoms with Crippen LogP contribution in [0.3, 0.4) is 0 Å². The lowest BCUT2D eigenvalue weighted by Gasteiger charge is -2.24. The van der Waals surface area contributed by atoms with Gasteiger partial charge in [0.1, 0.15) is 5.56 Å². The van der Waals surface area contributed by atoms with E-state index in [2.05, 4.69) is 12.2 Å². The van der Waals surface area contributed by atoms with E-state index in [9.17, 15) is 23.5 Å². The summed E-state index contributed by atoms with van der Waals surface area (Å²) in [6.45, 7) is 0.587. The number of fused-ring (bicyclic) bond motifs is 2. The molecule has 1 aliphatic carbocycles. The summed E-state index contributed by atoms with van der Waals surface area (Å²) in [4.78, 5) is 24.4. The first-order valence-corrected chi connectivity index (χ1v) is 10.6. The molecule has 8 heteroatoms. The maximum absolute atomic E-state index is 13.5. The molecule has 1 aliphatic heterocycles. The van der Waals surface area contributed by atoms with E-state index in [0.717, 1.165) is 24.9 Å². The minimum atomic E-state index is -3.10. The van der Waals surface area contributed by atoms with Crippen molar-refractivity contribution >= 4 is 16.9 Å². The first-order valence-electron chi connectivity index (χ1n) is 10.6. The molecule has 6 nitrogen and oxygen atoms in total. The van der Waals surface area contributed by atoms with Crippen molar-refractivity contribution in [1.29, 1.82) is 0 Å². The van der Waals surface area contributed by atoms with Crippen LogP contribution in [0.25, 0.3) is 22.0 Å². The molecule has 166 valence electrons. The van der Waals surface area contributed by atoms with Crippen LogP contribution in [0, 0.1) is 0 Å². The Hall–Kier alpha value is -3.26. The maximum atomic E-state index is 13.5. The van der Waals surface area contributed by atoms with Crippen LogP contribution in [0.15, 0.2) is 41.3 Å². The van der Waals surface area contributed by atoms with Gasteiger partial charge in [-0.2, -0.15) is 8.78 Å². The molecule has 2 aromatic carbocycles. The third-order valence-electron chi connectivity index (χ3n) is 6.28. The number of alkyl halides is 2. The zero-order valence-corrected chi connectivity index (χ0v) is 17.4. The summed E-state index contributed by atoms with van der Waals surface area (Å²) in [6.07, 6.45) is 2.81. The molecule has 0 unspecified atom stereocenters. The van der Waals surface area contributed by atoms with Crippen molar-refractivity contribution in [3.8, 4) is 16.9 Å². The second-order valence-electron chi connectivity index (χ2n) is 8.48. The summed E-state index contributed by atoms with van der Waals surface area (Å²) < 4.78 is 33.6. The molecule has 32 heavy (non-hydrogen) atoms. The van der Waals surface area contributed by atoms with Crippen molar-refractivity contribution < 1.29 is 23.4 Å². The van der Waals surface area contributed by atoms with Gasteiger partial charge >= 0.3 is 12.6 Å². The SMILES string of the molecule is C[C@@H]1CNCc2cc(-c3ccc4c(=O)c(C(=O)O)cn(C5CC5)c4c3OC(F)F)ccc21. The molecule has 0 bridgehead atoms. The van der Waals surface area contributed by atoms with Crippen LogP contribution in [-0.4, -0.2) is 28.8 Å². The minimum Gasteiger partial charge on any atom is -0.477 e. The largest absolute Gasteiger partial charge is 0.477 e. The number of nitrogens with zero attached hydrogens (tertiary/aromatic N) is 1. The van der Waals surface area contributed by atoms with Crippen LogP contribution in [-0.2, 0) is 6.54 Å². The molecule has 1 fully saturated rings. The normalized spacial score (nSPS) is 18.1. The number of carboxylic acid groups (broad SMARTS) is 1. The van der Waals surface area contributed by atoms with Gasteiger partial charge in [-0.3, -0.25) is 4.79 Å². The number of aromatic nitrogens is 1. The van der Waals surface area contributed by atoms with Crippen LogP contribution in [0.1, 0.15) is 53.2 Å². The Kier molecular flexibility index (Phi) is 4.97. The third kappa shape index (κ3) is 3.44. The molecule has 5 rings (SSSR count). The molecule has 2 aliphatic rings. The summed E-state index contributed by atoms with van der Waals surface area (Å²) in [7, 11) is 0. The van der Waals surface area contributed by atoms with Gasteiger partial charge in [0.2, 0.25) is 5.43 Å². The Morgan fingerprint density at radius 3 is 2.72 bits per heavy atom. The predicted molar refractivity (Wildman–Crippen MR) is 116 cm³/mol. The van der Waals surface area contributed by atoms with Gasteiger partial charge in [0.05, 0.1) is 10.9 Å². The number of nitrogens with one attached hydrogen (secondary N) is 1. The number of rotatable bonds is 5. The highest BCUT2D eigenvalue weighted by atomic mass is 19.3. The van der Waals surface area contributed by atoms with Crippen LogP contribution in [0.4, 0.5) is 8.78 Å². The number of carbonyl (C=O) groups is 1. The van der Waals surface area contributed by atoms with Crippen LogP contribution >= 0.6 is 0 Å². The van der Waals surface area contributed by atoms with Crippen LogP contribution < -0.4 is 15.5 Å². The number of halogens is 2. The topological polar surface area (TPSA) is 80.6 Å². The number of carboxylic acids is 1. The number of aromatic carboxylic acids is 1. The van der Waals surface area contributed by atoms with E-state index in [0.29, 0.717) is 23.6 Å². The van der Waals surface area contributed by atoms with E-state index >= 15 is 0 Å². The molecule has 2 N–H and O–H groups in total. The molecule has 0 radical (unpaired) electrons. The summed E-state index contributed by atoms with van der Waals surface area (Å²) in [5.74, 6) is -1.10. The Labute approximate surface area is 182 Å². The predicted octanol–water partition coefficient (Wildman–Crippen LogP) is 4.51. The second kappa shape index (κ2) is 7.70. The Morgan fingerprint density at radius 2 is 2.03 bits per heavy atom. The lowest BCUT2D eigenvalue weighted by Crippen LogP contribution is -2.26. The van der Waals surface area contributed by atoms with Gasteiger partial charge in [0.15, 0.2) is 5.75 Å². The fourth-order valence-electron chi connectivity index (χ4n) is 4.59. The van der Waals surface area contributed by atoms with Gasteiger partial charge in [0, 0.05) is 30.9 Å². The highest BCUT2D eigenvalue weighted by molar-refractivity contribution is 5.97. The first kappa shape index (κ1) is 20.6. The molecular weight excluding hydrogens is 418 g/mol. The fraction of sp³-hybridized carbons (Fsp3) is 0.333. The molecular formula is C24H22F2N2O4. The zero-order chi connectivity index (χ0) is 22.6. The van der Waals surface area contributed by atoms with Gasteiger partial charge in [-0.25, -0.2) is 4.79 Å². The second-order valence-corrected chi connectivity index (χ2v) is 8.48. The fourth-order valence-corrected chi connectivity index (χ4v) is 4.59. The number of hydrogen-bond donors (Lipinski definition) is 2. The van der Waals surface area contributed by atoms with Crippen molar-refractivity contribution in [3.63, 3.8) is 0 Å². The Balaban J connectivity index is 1.79. The molecule has 1 aromatic heterocycles. The molecule has 0 spiro atoms. The van der Waals surface area contributed by atoms with Crippen molar-refractivity contribution in [2.24, 2.45) is 0 Å². The van der Waals surface area contributed by atoms with E-state index in [1.807, 2.05) is 18.2 Å². The van der Waals surface area contributed by atoms with Gasteiger partial charge < -0.3 is 19.7 Å². The van der Waals surface area contributed by atoms with Crippen molar-refractivity contribution in [2.45, 2.75) is 44.9 Å². The molecule has 1 atom stereocenters. The van der Waals surface area contributed by atoms with Gasteiger partial charge in [-0.1, -0.05) is 19.1 Å². The van der Waals surface area contributed by atoms with Gasteiger partial charge in [-0.05, 0) is 53.6 Å². The lowest BCUT2D eigenvalue weighted by atomic mass is 9.89. The van der Waals surface area contributed by atoms with Crippen molar-refractivity contribution in [2.75, 3.05) is 6.54 Å². The number of benzene rings is 2. The van der Waals surface area contributed by atoms with Gasteiger partial charge in [-0.15, -0.1) is 0 Å². The molecule has 0 saturated heterocycles. The maximum Gasteiger partial charge on any atom is 0.387 e. The molecule has 2 heterocycles. The van der Waals surface area contributed by atoms with E-state index in [1.165, 1.54) is 17.8 Å². The summed E-state index contributed by atoms with van der Waals surface area (Å²) >= 11 is 0. The molecule has 1 saturated carbocycles. The van der Waals surface area contributed by atoms with E-state index in [1.54, 1.807) is 10.6 Å². The molecule has 0 amide bonds. The van der Waals surface area contributed by atoms with Gasteiger partial charge in [0.25, 0.3) is 0 Å². The van der Waals surface area contributed by atoms with E-state index in [-0.39, 0.29) is 28.3 Å². The number of pyridine rings is 1. The van der Waals surface area contributed by atoms with Crippen molar-refractivity contribution in [1.82, 2.24) is 9.88 Å². The minimum absolute atomic E-state index is 0.0555. The average molecular weight is 440 g/mol. The lowest BCUT2D eigenvalue weighted by molar-refractivity contribution is -0.0486. The summed E-state index contributed by atoms with van der Waals surface area (Å²) in [6, 6.07) is 8.87. The first-order chi connectivity index (χ1) is 15.3. The highest BCUT2D eigenvalue weighted by Gasteiger charge is 2.30. The Bertz CT molecular complexity index is 1300. The third-order valence-corrected chi connectivity index (χ3v) is 6.28. The monoisotopic (exact) mass is 440 g/mol. The van der Waals surface area contributed by atoms with E-state index in [4.69, 9.17) is 4.74 Å². The smallest absolute Gasteiger partial charge is 0.387 e. The number of hydrogen-bond acceptors (Lipinski definition) is 4. The van der Waals surface area contributed by atoms with Crippen LogP contribution in [0.2, 0.25) is 0 Å². The van der Waals surface area contributed by atoms with E-state index < -0.39 is 18.0 Å². The average Bonchev–Trinajstić information content (AvgIpc) is 3.59. The quantitative estimate of drug-likeness (QED) is 0.610. The van der Waals surface area contributed by atoms with Crippen molar-refractivity contribution in [3.05, 3.63) is 63.4 Å². The molecule has 3 aromatic rings. The zero-order valence-electron chi connectivity index (χ0n) is 17.4. The highest BCUT2D eigenvalue weighted by Crippen LogP contribution is 2.43. The number of ether oxygens (including phenoxy) is 1. The Morgan fingerprint density at radius 1 is 1.25 bits per heavy atom.